The molecule has 1 fully saturated rings. The second kappa shape index (κ2) is 8.35. The fourth-order valence-corrected chi connectivity index (χ4v) is 4.76. The van der Waals surface area contributed by atoms with E-state index in [1.165, 1.54) is 23.1 Å². The highest BCUT2D eigenvalue weighted by atomic mass is 32.2. The second-order valence-corrected chi connectivity index (χ2v) is 8.30. The first-order chi connectivity index (χ1) is 13.7. The van der Waals surface area contributed by atoms with E-state index in [2.05, 4.69) is 40.1 Å². The van der Waals surface area contributed by atoms with Gasteiger partial charge in [-0.3, -0.25) is 4.79 Å². The molecule has 0 bridgehead atoms. The molecule has 146 valence electrons. The Morgan fingerprint density at radius 1 is 1.18 bits per heavy atom. The Morgan fingerprint density at radius 2 is 1.96 bits per heavy atom. The number of aromatic nitrogens is 3. The number of pyridine rings is 1. The largest absolute Gasteiger partial charge is 0.352 e. The molecule has 3 aromatic rings. The smallest absolute Gasteiger partial charge is 0.254 e. The van der Waals surface area contributed by atoms with Crippen LogP contribution < -0.4 is 5.32 Å². The zero-order valence-electron chi connectivity index (χ0n) is 16.4. The molecular formula is C22H26N4OS. The molecule has 28 heavy (non-hydrogen) atoms. The number of imidazole rings is 1. The van der Waals surface area contributed by atoms with Crippen molar-refractivity contribution in [2.75, 3.05) is 12.8 Å². The Hall–Kier alpha value is -2.34. The van der Waals surface area contributed by atoms with E-state index in [9.17, 15) is 4.79 Å². The first kappa shape index (κ1) is 19.0. The van der Waals surface area contributed by atoms with E-state index >= 15 is 0 Å². The van der Waals surface area contributed by atoms with Crippen molar-refractivity contribution in [3.8, 4) is 0 Å². The van der Waals surface area contributed by atoms with Crippen molar-refractivity contribution in [1.82, 2.24) is 19.9 Å². The number of carbonyl (C=O) groups is 1. The number of rotatable bonds is 5. The highest BCUT2D eigenvalue weighted by Gasteiger charge is 2.26. The molecule has 1 aliphatic rings. The van der Waals surface area contributed by atoms with Gasteiger partial charge in [-0.25, -0.2) is 9.97 Å². The minimum atomic E-state index is -0.0186. The molecule has 0 aliphatic heterocycles. The summed E-state index contributed by atoms with van der Waals surface area (Å²) in [5.74, 6) is 2.22. The van der Waals surface area contributed by atoms with E-state index in [-0.39, 0.29) is 5.91 Å². The maximum absolute atomic E-state index is 12.5. The van der Waals surface area contributed by atoms with E-state index in [1.54, 1.807) is 6.20 Å². The van der Waals surface area contributed by atoms with Crippen molar-refractivity contribution >= 4 is 28.7 Å². The maximum Gasteiger partial charge on any atom is 0.254 e. The quantitative estimate of drug-likeness (QED) is 0.652. The van der Waals surface area contributed by atoms with Crippen molar-refractivity contribution < 1.29 is 4.79 Å². The molecule has 2 aromatic heterocycles. The average molecular weight is 395 g/mol. The molecule has 4 rings (SSSR count). The van der Waals surface area contributed by atoms with Gasteiger partial charge in [-0.05, 0) is 62.1 Å². The molecule has 1 aliphatic carbocycles. The van der Waals surface area contributed by atoms with E-state index in [4.69, 9.17) is 4.98 Å². The van der Waals surface area contributed by atoms with Crippen LogP contribution in [-0.4, -0.2) is 33.2 Å². The topological polar surface area (TPSA) is 59.8 Å². The molecule has 0 saturated heterocycles. The predicted molar refractivity (Wildman–Crippen MR) is 114 cm³/mol. The molecule has 1 N–H and O–H groups in total. The lowest BCUT2D eigenvalue weighted by Gasteiger charge is -2.28. The zero-order valence-corrected chi connectivity index (χ0v) is 17.2. The van der Waals surface area contributed by atoms with Gasteiger partial charge in [-0.1, -0.05) is 12.1 Å². The second-order valence-electron chi connectivity index (χ2n) is 7.51. The van der Waals surface area contributed by atoms with Crippen LogP contribution in [0.5, 0.6) is 0 Å². The number of hydrogen-bond acceptors (Lipinski definition) is 4. The van der Waals surface area contributed by atoms with Crippen LogP contribution in [0.3, 0.4) is 0 Å². The van der Waals surface area contributed by atoms with Crippen LogP contribution in [0.1, 0.15) is 47.8 Å². The Labute approximate surface area is 170 Å². The number of fused-ring (bicyclic) bond motifs is 1. The lowest BCUT2D eigenvalue weighted by Crippen LogP contribution is -2.31. The first-order valence-electron chi connectivity index (χ1n) is 9.86. The molecule has 0 spiro atoms. The molecular weight excluding hydrogens is 368 g/mol. The third kappa shape index (κ3) is 3.78. The van der Waals surface area contributed by atoms with Gasteiger partial charge in [0, 0.05) is 25.7 Å². The van der Waals surface area contributed by atoms with Crippen LogP contribution in [0.4, 0.5) is 0 Å². The van der Waals surface area contributed by atoms with Gasteiger partial charge in [0.25, 0.3) is 5.91 Å². The van der Waals surface area contributed by atoms with Crippen molar-refractivity contribution in [3.05, 3.63) is 54.0 Å². The van der Waals surface area contributed by atoms with Crippen molar-refractivity contribution in [2.24, 2.45) is 13.0 Å². The number of carbonyl (C=O) groups excluding carboxylic acids is 1. The molecule has 0 atom stereocenters. The van der Waals surface area contributed by atoms with E-state index in [0.717, 1.165) is 42.8 Å². The Kier molecular flexibility index (Phi) is 5.67. The van der Waals surface area contributed by atoms with Gasteiger partial charge in [0.05, 0.1) is 16.6 Å². The molecule has 6 heteroatoms. The van der Waals surface area contributed by atoms with Gasteiger partial charge < -0.3 is 9.88 Å². The number of benzene rings is 1. The number of thioether (sulfide) groups is 1. The van der Waals surface area contributed by atoms with Crippen LogP contribution in [-0.2, 0) is 7.05 Å². The summed E-state index contributed by atoms with van der Waals surface area (Å²) in [5, 5.41) is 3.90. The lowest BCUT2D eigenvalue weighted by atomic mass is 9.81. The summed E-state index contributed by atoms with van der Waals surface area (Å²) in [6, 6.07) is 12.0. The SMILES string of the molecule is CSc1ncccc1C(=O)NCC1CCC(c2nc3ccccc3n2C)CC1. The number of aryl methyl sites for hydroxylation is 1. The first-order valence-corrected chi connectivity index (χ1v) is 11.1. The third-order valence-electron chi connectivity index (χ3n) is 5.79. The summed E-state index contributed by atoms with van der Waals surface area (Å²) in [5.41, 5.74) is 2.95. The van der Waals surface area contributed by atoms with E-state index < -0.39 is 0 Å². The standard InChI is InChI=1S/C22H26N4OS/c1-26-19-8-4-3-7-18(19)25-20(26)16-11-9-15(10-12-16)14-24-21(27)17-6-5-13-23-22(17)28-2/h3-8,13,15-16H,9-12,14H2,1-2H3,(H,24,27). The molecule has 5 nitrogen and oxygen atoms in total. The summed E-state index contributed by atoms with van der Waals surface area (Å²) in [4.78, 5) is 21.7. The molecule has 2 heterocycles. The lowest BCUT2D eigenvalue weighted by molar-refractivity contribution is 0.0939. The maximum atomic E-state index is 12.5. The van der Waals surface area contributed by atoms with Gasteiger partial charge in [0.1, 0.15) is 10.9 Å². The summed E-state index contributed by atoms with van der Waals surface area (Å²) in [6.07, 6.45) is 8.17. The molecule has 1 amide bonds. The Bertz CT molecular complexity index is 976. The van der Waals surface area contributed by atoms with Crippen LogP contribution in [0.25, 0.3) is 11.0 Å². The van der Waals surface area contributed by atoms with Crippen molar-refractivity contribution in [1.29, 1.82) is 0 Å². The Morgan fingerprint density at radius 3 is 2.71 bits per heavy atom. The van der Waals surface area contributed by atoms with Gasteiger partial charge in [0.2, 0.25) is 0 Å². The fraction of sp³-hybridized carbons (Fsp3) is 0.409. The third-order valence-corrected chi connectivity index (χ3v) is 6.51. The highest BCUT2D eigenvalue weighted by Crippen LogP contribution is 2.36. The zero-order chi connectivity index (χ0) is 19.5. The number of amides is 1. The van der Waals surface area contributed by atoms with Crippen LogP contribution in [0, 0.1) is 5.92 Å². The predicted octanol–water partition coefficient (Wildman–Crippen LogP) is 4.39. The average Bonchev–Trinajstić information content (AvgIpc) is 3.09. The van der Waals surface area contributed by atoms with Crippen LogP contribution in [0.15, 0.2) is 47.6 Å². The molecule has 1 saturated carbocycles. The van der Waals surface area contributed by atoms with E-state index in [1.807, 2.05) is 24.5 Å². The van der Waals surface area contributed by atoms with Crippen molar-refractivity contribution in [2.45, 2.75) is 36.6 Å². The summed E-state index contributed by atoms with van der Waals surface area (Å²) < 4.78 is 2.24. The van der Waals surface area contributed by atoms with Gasteiger partial charge in [-0.2, -0.15) is 0 Å². The molecule has 0 radical (unpaired) electrons. The minimum Gasteiger partial charge on any atom is -0.352 e. The number of nitrogens with one attached hydrogen (secondary N) is 1. The number of hydrogen-bond donors (Lipinski definition) is 1. The van der Waals surface area contributed by atoms with Crippen LogP contribution >= 0.6 is 11.8 Å². The molecule has 0 unspecified atom stereocenters. The van der Waals surface area contributed by atoms with Crippen LogP contribution in [0.2, 0.25) is 0 Å². The van der Waals surface area contributed by atoms with Gasteiger partial charge in [-0.15, -0.1) is 11.8 Å². The fourth-order valence-electron chi connectivity index (χ4n) is 4.21. The normalized spacial score (nSPS) is 19.6. The number of nitrogens with zero attached hydrogens (tertiary/aromatic N) is 3. The van der Waals surface area contributed by atoms with Crippen molar-refractivity contribution in [3.63, 3.8) is 0 Å². The monoisotopic (exact) mass is 394 g/mol. The molecule has 1 aromatic carbocycles. The minimum absolute atomic E-state index is 0.0186. The Balaban J connectivity index is 1.34. The summed E-state index contributed by atoms with van der Waals surface area (Å²) >= 11 is 1.50. The number of para-hydroxylation sites is 2. The highest BCUT2D eigenvalue weighted by molar-refractivity contribution is 7.98. The summed E-state index contributed by atoms with van der Waals surface area (Å²) in [6.45, 7) is 0.733. The van der Waals surface area contributed by atoms with Gasteiger partial charge >= 0.3 is 0 Å². The van der Waals surface area contributed by atoms with E-state index in [0.29, 0.717) is 17.4 Å². The van der Waals surface area contributed by atoms with Gasteiger partial charge in [0.15, 0.2) is 0 Å². The summed E-state index contributed by atoms with van der Waals surface area (Å²) in [7, 11) is 2.12.